The minimum absolute atomic E-state index is 0. The number of rotatable bonds is 9. The van der Waals surface area contributed by atoms with Gasteiger partial charge in [0, 0.05) is 44.5 Å². The Bertz CT molecular complexity index is 4430. The molecule has 21 nitrogen and oxygen atoms in total. The second kappa shape index (κ2) is 23.7. The summed E-state index contributed by atoms with van der Waals surface area (Å²) in [5.41, 5.74) is 2.02. The number of phenolic OH excluding ortho intramolecular Hbond substituents is 1. The van der Waals surface area contributed by atoms with E-state index in [-0.39, 0.29) is 134 Å². The first kappa shape index (κ1) is 62.6. The van der Waals surface area contributed by atoms with Gasteiger partial charge < -0.3 is 35.8 Å². The molecule has 0 heterocycles. The number of fused-ring (bicyclic) bond motifs is 6. The predicted octanol–water partition coefficient (Wildman–Crippen LogP) is 8.41. The van der Waals surface area contributed by atoms with Crippen LogP contribution in [0, 0.1) is 20.8 Å². The number of aryl methyl sites for hydroxylation is 3. The number of ketones is 6. The van der Waals surface area contributed by atoms with Gasteiger partial charge >= 0.3 is 17.4 Å². The third-order valence-electron chi connectivity index (χ3n) is 14.2. The Labute approximate surface area is 512 Å². The van der Waals surface area contributed by atoms with Crippen LogP contribution in [-0.2, 0) is 30.4 Å². The largest absolute Gasteiger partial charge is 3.00 e. The molecule has 0 bridgehead atoms. The van der Waals surface area contributed by atoms with Crippen LogP contribution in [0.3, 0.4) is 0 Å². The van der Waals surface area contributed by atoms with Crippen LogP contribution in [-0.4, -0.2) is 96.1 Å². The summed E-state index contributed by atoms with van der Waals surface area (Å²) in [6, 6.07) is 39.0. The summed E-state index contributed by atoms with van der Waals surface area (Å²) in [5, 5.41) is 43.3. The van der Waals surface area contributed by atoms with Crippen molar-refractivity contribution in [3.63, 3.8) is 0 Å². The van der Waals surface area contributed by atoms with Crippen LogP contribution in [0.2, 0.25) is 0 Å². The van der Waals surface area contributed by atoms with E-state index >= 15 is 0 Å². The summed E-state index contributed by atoms with van der Waals surface area (Å²) in [5.74, 6) is -4.74. The number of phenols is 1. The number of carbonyl (C=O) groups excluding carboxylic acids is 6. The number of carbonyl (C=O) groups is 6. The second-order valence-electron chi connectivity index (χ2n) is 20.0. The molecule has 0 atom stereocenters. The molecular weight excluding hydrogens is 1210 g/mol. The standard InChI is InChI=1S/3C21H15NO6S.Al/c3*1-11-6-7-14(17(10-11)29(26,27)28)22-15-8-9-16(23)19-18(15)20(24)12-4-2-3-5-13(12)21(19)25;/h3*2-10,22-23H,1H3,(H,26,27,28);/q;;;+3/p-3. The zero-order chi connectivity index (χ0) is 62.8. The molecule has 0 saturated heterocycles. The minimum atomic E-state index is -4.80. The molecule has 6 N–H and O–H groups in total. The van der Waals surface area contributed by atoms with E-state index in [0.717, 1.165) is 12.1 Å². The van der Waals surface area contributed by atoms with Gasteiger partial charge in [0.1, 0.15) is 25.7 Å². The van der Waals surface area contributed by atoms with Gasteiger partial charge in [-0.05, 0) is 98.1 Å². The van der Waals surface area contributed by atoms with E-state index in [4.69, 9.17) is 0 Å². The van der Waals surface area contributed by atoms with Crippen LogP contribution in [0.25, 0.3) is 0 Å². The summed E-state index contributed by atoms with van der Waals surface area (Å²) < 4.78 is 101. The average molecular weight is 1250 g/mol. The van der Waals surface area contributed by atoms with Crippen LogP contribution in [0.1, 0.15) is 112 Å². The molecule has 3 aliphatic carbocycles. The number of nitrogens with one attached hydrogen (secondary N) is 3. The van der Waals surface area contributed by atoms with E-state index in [9.17, 15) is 83.0 Å². The normalized spacial score (nSPS) is 12.9. The maximum absolute atomic E-state index is 13.1. The zero-order valence-corrected chi connectivity index (χ0v) is 49.5. The first-order valence-corrected chi connectivity index (χ1v) is 30.0. The average Bonchev–Trinajstić information content (AvgIpc) is 0.908. The van der Waals surface area contributed by atoms with Gasteiger partial charge in [-0.1, -0.05) is 115 Å². The molecule has 0 spiro atoms. The fourth-order valence-electron chi connectivity index (χ4n) is 10.2. The Morgan fingerprint density at radius 2 is 0.591 bits per heavy atom. The molecular formula is C63H42AlN3O18S3. The van der Waals surface area contributed by atoms with Gasteiger partial charge in [0.15, 0.2) is 34.7 Å². The minimum Gasteiger partial charge on any atom is -0.872 e. The monoisotopic (exact) mass is 1250 g/mol. The Morgan fingerprint density at radius 1 is 0.341 bits per heavy atom. The third-order valence-corrected chi connectivity index (χ3v) is 16.8. The van der Waals surface area contributed by atoms with Gasteiger partial charge in [-0.25, -0.2) is 8.42 Å². The van der Waals surface area contributed by atoms with Crippen molar-refractivity contribution in [3.05, 3.63) is 247 Å². The van der Waals surface area contributed by atoms with Crippen molar-refractivity contribution >= 4 is 117 Å². The summed E-state index contributed by atoms with van der Waals surface area (Å²) in [6.07, 6.45) is 0. The molecule has 0 amide bonds. The van der Waals surface area contributed by atoms with E-state index in [0.29, 0.717) is 16.7 Å². The Kier molecular flexibility index (Phi) is 16.9. The maximum Gasteiger partial charge on any atom is 3.00 e. The molecule has 0 aliphatic heterocycles. The summed E-state index contributed by atoms with van der Waals surface area (Å²) in [7, 11) is -13.9. The van der Waals surface area contributed by atoms with E-state index in [2.05, 4.69) is 16.0 Å². The first-order valence-electron chi connectivity index (χ1n) is 25.7. The molecule has 9 aromatic carbocycles. The summed E-state index contributed by atoms with van der Waals surface area (Å²) in [4.78, 5) is 76.5. The Morgan fingerprint density at radius 3 is 0.898 bits per heavy atom. The van der Waals surface area contributed by atoms with Crippen molar-refractivity contribution < 1.29 is 83.0 Å². The molecule has 12 rings (SSSR count). The van der Waals surface area contributed by atoms with Crippen LogP contribution in [0.15, 0.2) is 178 Å². The molecule has 438 valence electrons. The molecule has 0 saturated carbocycles. The van der Waals surface area contributed by atoms with Gasteiger partial charge in [-0.2, -0.15) is 16.8 Å². The Hall–Kier alpha value is -9.94. The number of hydrogen-bond acceptors (Lipinski definition) is 19. The first-order chi connectivity index (χ1) is 41.0. The molecule has 25 heteroatoms. The molecule has 9 aromatic rings. The van der Waals surface area contributed by atoms with Crippen molar-refractivity contribution in [2.45, 2.75) is 35.5 Å². The number of hydrogen-bond donors (Lipinski definition) is 6. The van der Waals surface area contributed by atoms with Gasteiger partial charge in [-0.15, -0.1) is 0 Å². The van der Waals surface area contributed by atoms with Crippen molar-refractivity contribution in [3.8, 4) is 17.2 Å². The number of anilines is 6. The van der Waals surface area contributed by atoms with E-state index in [1.54, 1.807) is 75.4 Å². The van der Waals surface area contributed by atoms with Crippen molar-refractivity contribution in [1.29, 1.82) is 0 Å². The number of benzene rings is 9. The molecule has 0 unspecified atom stereocenters. The van der Waals surface area contributed by atoms with Gasteiger partial charge in [0.2, 0.25) is 0 Å². The number of aromatic hydroxyl groups is 1. The van der Waals surface area contributed by atoms with Crippen molar-refractivity contribution in [2.24, 2.45) is 0 Å². The fourth-order valence-corrected chi connectivity index (χ4v) is 12.4. The summed E-state index contributed by atoms with van der Waals surface area (Å²) in [6.45, 7) is 4.96. The van der Waals surface area contributed by atoms with Gasteiger partial charge in [0.25, 0.3) is 20.2 Å². The van der Waals surface area contributed by atoms with Crippen LogP contribution < -0.4 is 26.2 Å². The zero-order valence-electron chi connectivity index (χ0n) is 45.9. The van der Waals surface area contributed by atoms with Crippen LogP contribution >= 0.6 is 0 Å². The van der Waals surface area contributed by atoms with Crippen LogP contribution in [0.5, 0.6) is 17.2 Å². The second-order valence-corrected chi connectivity index (χ2v) is 24.1. The van der Waals surface area contributed by atoms with E-state index in [1.165, 1.54) is 97.1 Å². The molecule has 0 fully saturated rings. The Balaban J connectivity index is 0.000000156. The smallest absolute Gasteiger partial charge is 0.872 e. The van der Waals surface area contributed by atoms with E-state index < -0.39 is 81.4 Å². The van der Waals surface area contributed by atoms with Crippen molar-refractivity contribution in [1.82, 2.24) is 0 Å². The van der Waals surface area contributed by atoms with Gasteiger partial charge in [-0.3, -0.25) is 37.9 Å². The van der Waals surface area contributed by atoms with Crippen molar-refractivity contribution in [2.75, 3.05) is 16.0 Å². The third kappa shape index (κ3) is 11.7. The van der Waals surface area contributed by atoms with E-state index in [1.807, 2.05) is 0 Å². The molecule has 88 heavy (non-hydrogen) atoms. The van der Waals surface area contributed by atoms with Crippen LogP contribution in [0.4, 0.5) is 34.1 Å². The predicted molar refractivity (Wildman–Crippen MR) is 317 cm³/mol. The topological polar surface area (TPSA) is 371 Å². The molecule has 0 radical (unpaired) electrons. The SMILES string of the molecule is Cc1ccc(Nc2ccc(O)c3c2C(=O)c2ccccc2C3=O)c(S(=O)(=O)O)c1.Cc1ccc(Nc2ccc([O-])c3c2C(=O)c2ccccc2C3=O)c(S(=O)(=O)O)c1.Cc1ccc(Nc2ccc([O-])c3c2C(=O)c2ccccc2C3=O)c(S(=O)(=O)[O-])c1.[Al+3]. The summed E-state index contributed by atoms with van der Waals surface area (Å²) >= 11 is 0. The van der Waals surface area contributed by atoms with Gasteiger partial charge in [0.05, 0.1) is 61.3 Å². The molecule has 0 aromatic heterocycles. The molecule has 3 aliphatic rings. The maximum atomic E-state index is 13.1. The fraction of sp³-hybridized carbons (Fsp3) is 0.0476. The quantitative estimate of drug-likeness (QED) is 0.0448.